The Kier molecular flexibility index (Phi) is 4.83. The molecule has 0 aromatic heterocycles. The molecule has 0 aromatic rings. The van der Waals surface area contributed by atoms with Gasteiger partial charge >= 0.3 is 0 Å². The van der Waals surface area contributed by atoms with E-state index in [0.29, 0.717) is 11.5 Å². The van der Waals surface area contributed by atoms with Crippen LogP contribution in [0, 0.1) is 5.41 Å². The molecular formula is C14H28N2O. The summed E-state index contributed by atoms with van der Waals surface area (Å²) in [6, 6.07) is 0.586. The van der Waals surface area contributed by atoms with E-state index in [9.17, 15) is 0 Å². The third kappa shape index (κ3) is 3.94. The van der Waals surface area contributed by atoms with Gasteiger partial charge in [0.05, 0.1) is 13.2 Å². The molecule has 2 heterocycles. The molecular weight excluding hydrogens is 212 g/mol. The van der Waals surface area contributed by atoms with Crippen LogP contribution in [-0.2, 0) is 4.74 Å². The van der Waals surface area contributed by atoms with Crippen LogP contribution in [0.25, 0.3) is 0 Å². The van der Waals surface area contributed by atoms with Crippen LogP contribution in [0.4, 0.5) is 0 Å². The summed E-state index contributed by atoms with van der Waals surface area (Å²) in [6.45, 7) is 11.4. The molecule has 2 aliphatic rings. The highest BCUT2D eigenvalue weighted by atomic mass is 16.5. The number of morpholine rings is 1. The van der Waals surface area contributed by atoms with Crippen molar-refractivity contribution in [1.82, 2.24) is 10.2 Å². The maximum atomic E-state index is 5.49. The average Bonchev–Trinajstić information content (AvgIpc) is 2.39. The molecule has 17 heavy (non-hydrogen) atoms. The fourth-order valence-corrected chi connectivity index (χ4v) is 2.81. The highest BCUT2D eigenvalue weighted by Crippen LogP contribution is 2.33. The maximum absolute atomic E-state index is 5.49. The van der Waals surface area contributed by atoms with E-state index in [0.717, 1.165) is 19.8 Å². The predicted molar refractivity (Wildman–Crippen MR) is 71.3 cm³/mol. The topological polar surface area (TPSA) is 24.5 Å². The lowest BCUT2D eigenvalue weighted by molar-refractivity contribution is 0.0627. The molecule has 3 heteroatoms. The summed E-state index contributed by atoms with van der Waals surface area (Å²) in [4.78, 5) is 2.63. The van der Waals surface area contributed by atoms with Gasteiger partial charge in [0.2, 0.25) is 0 Å². The Morgan fingerprint density at radius 1 is 1.35 bits per heavy atom. The van der Waals surface area contributed by atoms with Gasteiger partial charge in [-0.1, -0.05) is 20.3 Å². The molecule has 0 aromatic carbocycles. The van der Waals surface area contributed by atoms with Crippen LogP contribution in [0.1, 0.15) is 39.5 Å². The van der Waals surface area contributed by atoms with Gasteiger partial charge in [0, 0.05) is 12.6 Å². The molecule has 0 spiro atoms. The van der Waals surface area contributed by atoms with Crippen molar-refractivity contribution >= 4 is 0 Å². The second kappa shape index (κ2) is 6.17. The minimum atomic E-state index is 0.586. The van der Waals surface area contributed by atoms with Crippen molar-refractivity contribution in [3.05, 3.63) is 0 Å². The van der Waals surface area contributed by atoms with E-state index >= 15 is 0 Å². The summed E-state index contributed by atoms with van der Waals surface area (Å²) in [5, 5.41) is 3.53. The van der Waals surface area contributed by atoms with Crippen molar-refractivity contribution in [2.24, 2.45) is 5.41 Å². The molecule has 2 saturated heterocycles. The molecule has 1 N–H and O–H groups in total. The van der Waals surface area contributed by atoms with Crippen molar-refractivity contribution in [3.63, 3.8) is 0 Å². The number of nitrogens with zero attached hydrogens (tertiary/aromatic N) is 1. The van der Waals surface area contributed by atoms with E-state index < -0.39 is 0 Å². The van der Waals surface area contributed by atoms with Gasteiger partial charge in [0.25, 0.3) is 0 Å². The molecule has 0 radical (unpaired) electrons. The Labute approximate surface area is 106 Å². The molecule has 2 fully saturated rings. The SMILES string of the molecule is CCC1(C)CCN(CCC2COCCN2)CC1. The molecule has 0 bridgehead atoms. The van der Waals surface area contributed by atoms with Crippen LogP contribution in [0.15, 0.2) is 0 Å². The molecule has 2 rings (SSSR count). The van der Waals surface area contributed by atoms with Crippen LogP contribution >= 0.6 is 0 Å². The minimum absolute atomic E-state index is 0.586. The summed E-state index contributed by atoms with van der Waals surface area (Å²) in [7, 11) is 0. The molecule has 0 aliphatic carbocycles. The Bertz CT molecular complexity index is 218. The van der Waals surface area contributed by atoms with E-state index in [2.05, 4.69) is 24.1 Å². The summed E-state index contributed by atoms with van der Waals surface area (Å²) < 4.78 is 5.49. The monoisotopic (exact) mass is 240 g/mol. The van der Waals surface area contributed by atoms with Crippen molar-refractivity contribution in [3.8, 4) is 0 Å². The van der Waals surface area contributed by atoms with Gasteiger partial charge in [0.15, 0.2) is 0 Å². The first-order valence-corrected chi connectivity index (χ1v) is 7.25. The lowest BCUT2D eigenvalue weighted by atomic mass is 9.78. The standard InChI is InChI=1S/C14H28N2O/c1-3-14(2)5-9-16(10-6-14)8-4-13-12-17-11-7-15-13/h13,15H,3-12H2,1-2H3. The largest absolute Gasteiger partial charge is 0.379 e. The summed E-state index contributed by atoms with van der Waals surface area (Å²) in [5.41, 5.74) is 0.614. The predicted octanol–water partition coefficient (Wildman–Crippen LogP) is 1.88. The van der Waals surface area contributed by atoms with Crippen LogP contribution in [-0.4, -0.2) is 50.3 Å². The number of likely N-dealkylation sites (tertiary alicyclic amines) is 1. The molecule has 100 valence electrons. The van der Waals surface area contributed by atoms with E-state index in [1.165, 1.54) is 45.3 Å². The number of nitrogens with one attached hydrogen (secondary N) is 1. The molecule has 0 amide bonds. The third-order valence-electron chi connectivity index (χ3n) is 4.71. The molecule has 1 unspecified atom stereocenters. The van der Waals surface area contributed by atoms with Gasteiger partial charge in [-0.25, -0.2) is 0 Å². The summed E-state index contributed by atoms with van der Waals surface area (Å²) in [5.74, 6) is 0. The molecule has 1 atom stereocenters. The van der Waals surface area contributed by atoms with Crippen molar-refractivity contribution in [2.45, 2.75) is 45.6 Å². The highest BCUT2D eigenvalue weighted by Gasteiger charge is 2.28. The van der Waals surface area contributed by atoms with Crippen molar-refractivity contribution in [2.75, 3.05) is 39.4 Å². The second-order valence-electron chi connectivity index (χ2n) is 6.02. The van der Waals surface area contributed by atoms with Gasteiger partial charge in [-0.2, -0.15) is 0 Å². The fraction of sp³-hybridized carbons (Fsp3) is 1.00. The minimum Gasteiger partial charge on any atom is -0.379 e. The van der Waals surface area contributed by atoms with E-state index in [4.69, 9.17) is 4.74 Å². The Balaban J connectivity index is 1.64. The lowest BCUT2D eigenvalue weighted by Crippen LogP contribution is -2.45. The van der Waals surface area contributed by atoms with Crippen LogP contribution in [0.5, 0.6) is 0 Å². The Morgan fingerprint density at radius 3 is 2.71 bits per heavy atom. The van der Waals surface area contributed by atoms with Crippen LogP contribution in [0.3, 0.4) is 0 Å². The van der Waals surface area contributed by atoms with E-state index in [1.54, 1.807) is 0 Å². The average molecular weight is 240 g/mol. The first-order chi connectivity index (χ1) is 8.22. The van der Waals surface area contributed by atoms with Crippen molar-refractivity contribution in [1.29, 1.82) is 0 Å². The third-order valence-corrected chi connectivity index (χ3v) is 4.71. The van der Waals surface area contributed by atoms with Gasteiger partial charge in [-0.3, -0.25) is 0 Å². The van der Waals surface area contributed by atoms with Crippen molar-refractivity contribution < 1.29 is 4.74 Å². The number of hydrogen-bond acceptors (Lipinski definition) is 3. The zero-order valence-electron chi connectivity index (χ0n) is 11.5. The zero-order valence-corrected chi connectivity index (χ0v) is 11.5. The quantitative estimate of drug-likeness (QED) is 0.812. The molecule has 2 aliphatic heterocycles. The van der Waals surface area contributed by atoms with Gasteiger partial charge in [-0.05, 0) is 44.3 Å². The summed E-state index contributed by atoms with van der Waals surface area (Å²) in [6.07, 6.45) is 5.32. The number of rotatable bonds is 4. The van der Waals surface area contributed by atoms with Gasteiger partial charge in [0.1, 0.15) is 0 Å². The summed E-state index contributed by atoms with van der Waals surface area (Å²) >= 11 is 0. The smallest absolute Gasteiger partial charge is 0.0620 e. The van der Waals surface area contributed by atoms with Gasteiger partial charge < -0.3 is 15.0 Å². The number of piperidine rings is 1. The first kappa shape index (κ1) is 13.3. The fourth-order valence-electron chi connectivity index (χ4n) is 2.81. The van der Waals surface area contributed by atoms with Crippen LogP contribution < -0.4 is 5.32 Å². The molecule has 0 saturated carbocycles. The number of hydrogen-bond donors (Lipinski definition) is 1. The van der Waals surface area contributed by atoms with Crippen LogP contribution in [0.2, 0.25) is 0 Å². The van der Waals surface area contributed by atoms with E-state index in [1.807, 2.05) is 0 Å². The Morgan fingerprint density at radius 2 is 2.12 bits per heavy atom. The molecule has 3 nitrogen and oxygen atoms in total. The van der Waals surface area contributed by atoms with E-state index in [-0.39, 0.29) is 0 Å². The number of ether oxygens (including phenoxy) is 1. The highest BCUT2D eigenvalue weighted by molar-refractivity contribution is 4.82. The zero-order chi connectivity index (χ0) is 12.1. The lowest BCUT2D eigenvalue weighted by Gasteiger charge is -2.39. The maximum Gasteiger partial charge on any atom is 0.0620 e. The second-order valence-corrected chi connectivity index (χ2v) is 6.02. The first-order valence-electron chi connectivity index (χ1n) is 7.25. The van der Waals surface area contributed by atoms with Gasteiger partial charge in [-0.15, -0.1) is 0 Å². The normalized spacial score (nSPS) is 30.4. The Hall–Kier alpha value is -0.120.